The molecule has 2 aromatic rings. The van der Waals surface area contributed by atoms with Crippen LogP contribution in [0.4, 0.5) is 0 Å². The Hall–Kier alpha value is -1.93. The highest BCUT2D eigenvalue weighted by Crippen LogP contribution is 2.21. The van der Waals surface area contributed by atoms with E-state index in [1.54, 1.807) is 6.07 Å². The zero-order chi connectivity index (χ0) is 12.3. The molecule has 0 saturated carbocycles. The summed E-state index contributed by atoms with van der Waals surface area (Å²) in [6, 6.07) is 15.8. The van der Waals surface area contributed by atoms with E-state index in [-0.39, 0.29) is 12.3 Å². The molecule has 0 spiro atoms. The van der Waals surface area contributed by atoms with E-state index in [0.29, 0.717) is 5.56 Å². The van der Waals surface area contributed by atoms with Gasteiger partial charge >= 0.3 is 0 Å². The molecule has 0 atom stereocenters. The Kier molecular flexibility index (Phi) is 3.35. The summed E-state index contributed by atoms with van der Waals surface area (Å²) in [7, 11) is 0. The summed E-state index contributed by atoms with van der Waals surface area (Å²) in [5.41, 5.74) is 9.42. The van der Waals surface area contributed by atoms with Crippen LogP contribution >= 0.6 is 0 Å². The Balaban J connectivity index is 2.43. The molecule has 0 heterocycles. The van der Waals surface area contributed by atoms with Crippen molar-refractivity contribution in [2.24, 2.45) is 5.73 Å². The highest BCUT2D eigenvalue weighted by Gasteiger charge is 2.05. The molecule has 86 valence electrons. The Morgan fingerprint density at radius 1 is 1.06 bits per heavy atom. The van der Waals surface area contributed by atoms with Gasteiger partial charge < -0.3 is 5.73 Å². The van der Waals surface area contributed by atoms with Crippen molar-refractivity contribution in [2.75, 3.05) is 6.54 Å². The van der Waals surface area contributed by atoms with E-state index in [4.69, 9.17) is 5.73 Å². The molecule has 0 bridgehead atoms. The van der Waals surface area contributed by atoms with Crippen molar-refractivity contribution < 1.29 is 4.79 Å². The number of nitrogens with two attached hydrogens (primary N) is 1. The van der Waals surface area contributed by atoms with E-state index in [1.165, 1.54) is 5.56 Å². The predicted octanol–water partition coefficient (Wildman–Crippen LogP) is 2.80. The van der Waals surface area contributed by atoms with Crippen LogP contribution in [0, 0.1) is 6.92 Å². The fourth-order valence-electron chi connectivity index (χ4n) is 1.81. The van der Waals surface area contributed by atoms with Gasteiger partial charge in [0.1, 0.15) is 0 Å². The lowest BCUT2D eigenvalue weighted by Crippen LogP contribution is -2.13. The molecule has 0 unspecified atom stereocenters. The number of Topliss-reactive ketones (excluding diaryl/α,β-unsaturated/α-hetero) is 1. The monoisotopic (exact) mass is 225 g/mol. The predicted molar refractivity (Wildman–Crippen MR) is 70.0 cm³/mol. The molecule has 2 aromatic carbocycles. The first-order valence-corrected chi connectivity index (χ1v) is 5.61. The molecular weight excluding hydrogens is 210 g/mol. The van der Waals surface area contributed by atoms with Crippen LogP contribution in [0.1, 0.15) is 15.9 Å². The summed E-state index contributed by atoms with van der Waals surface area (Å²) in [5, 5.41) is 0. The minimum Gasteiger partial charge on any atom is -0.324 e. The SMILES string of the molecule is Cc1cccc(-c2cccc(C(=O)CN)c2)c1. The molecule has 17 heavy (non-hydrogen) atoms. The lowest BCUT2D eigenvalue weighted by molar-refractivity contribution is 0.100. The van der Waals surface area contributed by atoms with Gasteiger partial charge in [0.25, 0.3) is 0 Å². The van der Waals surface area contributed by atoms with Gasteiger partial charge in [-0.05, 0) is 24.1 Å². The third-order valence-electron chi connectivity index (χ3n) is 2.72. The van der Waals surface area contributed by atoms with E-state index in [1.807, 2.05) is 30.3 Å². The van der Waals surface area contributed by atoms with E-state index in [0.717, 1.165) is 11.1 Å². The third-order valence-corrected chi connectivity index (χ3v) is 2.72. The zero-order valence-corrected chi connectivity index (χ0v) is 9.81. The first-order chi connectivity index (χ1) is 8.20. The standard InChI is InChI=1S/C15H15NO/c1-11-4-2-5-12(8-11)13-6-3-7-14(9-13)15(17)10-16/h2-9H,10,16H2,1H3. The summed E-state index contributed by atoms with van der Waals surface area (Å²) >= 11 is 0. The highest BCUT2D eigenvalue weighted by atomic mass is 16.1. The summed E-state index contributed by atoms with van der Waals surface area (Å²) < 4.78 is 0. The van der Waals surface area contributed by atoms with E-state index >= 15 is 0 Å². The topological polar surface area (TPSA) is 43.1 Å². The third kappa shape index (κ3) is 2.60. The first-order valence-electron chi connectivity index (χ1n) is 5.61. The number of carbonyl (C=O) groups is 1. The fourth-order valence-corrected chi connectivity index (χ4v) is 1.81. The molecule has 0 aromatic heterocycles. The normalized spacial score (nSPS) is 10.2. The van der Waals surface area contributed by atoms with Gasteiger partial charge in [-0.2, -0.15) is 0 Å². The Morgan fingerprint density at radius 3 is 2.35 bits per heavy atom. The van der Waals surface area contributed by atoms with Gasteiger partial charge in [0.15, 0.2) is 5.78 Å². The number of ketones is 1. The summed E-state index contributed by atoms with van der Waals surface area (Å²) in [5.74, 6) is -0.0282. The van der Waals surface area contributed by atoms with Crippen LogP contribution < -0.4 is 5.73 Å². The lowest BCUT2D eigenvalue weighted by atomic mass is 10.00. The largest absolute Gasteiger partial charge is 0.324 e. The second-order valence-electron chi connectivity index (χ2n) is 4.08. The average molecular weight is 225 g/mol. The van der Waals surface area contributed by atoms with Crippen LogP contribution in [0.25, 0.3) is 11.1 Å². The Labute approximate surface area is 101 Å². The maximum Gasteiger partial charge on any atom is 0.176 e. The summed E-state index contributed by atoms with van der Waals surface area (Å²) in [6.07, 6.45) is 0. The van der Waals surface area contributed by atoms with Crippen LogP contribution in [-0.4, -0.2) is 12.3 Å². The number of benzene rings is 2. The molecule has 2 heteroatoms. The molecule has 2 nitrogen and oxygen atoms in total. The molecular formula is C15H15NO. The Bertz CT molecular complexity index is 546. The summed E-state index contributed by atoms with van der Waals surface area (Å²) in [6.45, 7) is 2.11. The van der Waals surface area contributed by atoms with Crippen molar-refractivity contribution in [1.82, 2.24) is 0 Å². The molecule has 0 aliphatic carbocycles. The van der Waals surface area contributed by atoms with Gasteiger partial charge in [-0.1, -0.05) is 48.0 Å². The van der Waals surface area contributed by atoms with Crippen molar-refractivity contribution in [3.05, 3.63) is 59.7 Å². The van der Waals surface area contributed by atoms with E-state index in [2.05, 4.69) is 19.1 Å². The van der Waals surface area contributed by atoms with Crippen LogP contribution in [0.15, 0.2) is 48.5 Å². The second kappa shape index (κ2) is 4.93. The van der Waals surface area contributed by atoms with Gasteiger partial charge in [0.05, 0.1) is 6.54 Å². The molecule has 0 aliphatic heterocycles. The van der Waals surface area contributed by atoms with Gasteiger partial charge in [-0.15, -0.1) is 0 Å². The second-order valence-corrected chi connectivity index (χ2v) is 4.08. The number of carbonyl (C=O) groups excluding carboxylic acids is 1. The molecule has 0 amide bonds. The molecule has 0 fully saturated rings. The minimum atomic E-state index is -0.0282. The average Bonchev–Trinajstić information content (AvgIpc) is 2.38. The van der Waals surface area contributed by atoms with Crippen LogP contribution in [0.2, 0.25) is 0 Å². The van der Waals surface area contributed by atoms with Crippen LogP contribution in [0.5, 0.6) is 0 Å². The van der Waals surface area contributed by atoms with Gasteiger partial charge in [-0.3, -0.25) is 4.79 Å². The Morgan fingerprint density at radius 2 is 1.71 bits per heavy atom. The molecule has 0 saturated heterocycles. The highest BCUT2D eigenvalue weighted by molar-refractivity contribution is 5.98. The molecule has 0 aliphatic rings. The minimum absolute atomic E-state index is 0.0282. The first kappa shape index (κ1) is 11.6. The molecule has 0 radical (unpaired) electrons. The fraction of sp³-hybridized carbons (Fsp3) is 0.133. The zero-order valence-electron chi connectivity index (χ0n) is 9.81. The van der Waals surface area contributed by atoms with Gasteiger partial charge in [0.2, 0.25) is 0 Å². The van der Waals surface area contributed by atoms with Crippen molar-refractivity contribution in [2.45, 2.75) is 6.92 Å². The van der Waals surface area contributed by atoms with Crippen molar-refractivity contribution in [1.29, 1.82) is 0 Å². The van der Waals surface area contributed by atoms with Crippen LogP contribution in [0.3, 0.4) is 0 Å². The lowest BCUT2D eigenvalue weighted by Gasteiger charge is -2.05. The molecule has 2 N–H and O–H groups in total. The van der Waals surface area contributed by atoms with E-state index < -0.39 is 0 Å². The number of hydrogen-bond acceptors (Lipinski definition) is 2. The summed E-state index contributed by atoms with van der Waals surface area (Å²) in [4.78, 5) is 11.5. The van der Waals surface area contributed by atoms with Crippen molar-refractivity contribution in [3.63, 3.8) is 0 Å². The number of rotatable bonds is 3. The quantitative estimate of drug-likeness (QED) is 0.816. The van der Waals surface area contributed by atoms with E-state index in [9.17, 15) is 4.79 Å². The maximum atomic E-state index is 11.5. The van der Waals surface area contributed by atoms with Crippen molar-refractivity contribution >= 4 is 5.78 Å². The van der Waals surface area contributed by atoms with Gasteiger partial charge in [0, 0.05) is 5.56 Å². The van der Waals surface area contributed by atoms with Crippen molar-refractivity contribution in [3.8, 4) is 11.1 Å². The number of hydrogen-bond donors (Lipinski definition) is 1. The maximum absolute atomic E-state index is 11.5. The number of aryl methyl sites for hydroxylation is 1. The smallest absolute Gasteiger partial charge is 0.176 e. The van der Waals surface area contributed by atoms with Crippen LogP contribution in [-0.2, 0) is 0 Å². The molecule has 2 rings (SSSR count). The van der Waals surface area contributed by atoms with Gasteiger partial charge in [-0.25, -0.2) is 0 Å².